The molecule has 1 spiro atoms. The van der Waals surface area contributed by atoms with Gasteiger partial charge in [-0.1, -0.05) is 176 Å². The average molecular weight is 817 g/mol. The van der Waals surface area contributed by atoms with Crippen molar-refractivity contribution < 1.29 is 4.42 Å². The summed E-state index contributed by atoms with van der Waals surface area (Å²) in [4.78, 5) is 10.3. The molecule has 2 aromatic heterocycles. The van der Waals surface area contributed by atoms with Crippen LogP contribution in [-0.2, 0) is 5.41 Å². The van der Waals surface area contributed by atoms with Crippen molar-refractivity contribution in [3.05, 3.63) is 240 Å². The molecule has 2 heterocycles. The first-order valence-corrected chi connectivity index (χ1v) is 22.1. The summed E-state index contributed by atoms with van der Waals surface area (Å²) in [6, 6.07) is 74.4. The third kappa shape index (κ3) is 5.22. The predicted molar refractivity (Wildman–Crippen MR) is 262 cm³/mol. The van der Waals surface area contributed by atoms with Gasteiger partial charge in [0.2, 0.25) is 0 Å². The largest absolute Gasteiger partial charge is 0.456 e. The van der Waals surface area contributed by atoms with E-state index >= 15 is 0 Å². The summed E-state index contributed by atoms with van der Waals surface area (Å²) in [5.41, 5.74) is 24.2. The van der Waals surface area contributed by atoms with E-state index in [4.69, 9.17) is 14.4 Å². The van der Waals surface area contributed by atoms with Crippen LogP contribution in [0.3, 0.4) is 0 Å². The number of furan rings is 1. The average Bonchev–Trinajstić information content (AvgIpc) is 3.99. The summed E-state index contributed by atoms with van der Waals surface area (Å²) < 4.78 is 6.57. The molecule has 2 aliphatic rings. The minimum absolute atomic E-state index is 0.362. The van der Waals surface area contributed by atoms with Crippen LogP contribution in [0.25, 0.3) is 100 Å². The Morgan fingerprint density at radius 1 is 0.375 bits per heavy atom. The Morgan fingerprint density at radius 2 is 0.969 bits per heavy atom. The number of rotatable bonds is 5. The molecule has 0 radical (unpaired) electrons. The zero-order valence-corrected chi connectivity index (χ0v) is 35.4. The number of hydrogen-bond donors (Lipinski definition) is 0. The van der Waals surface area contributed by atoms with Gasteiger partial charge in [0.1, 0.15) is 11.2 Å². The van der Waals surface area contributed by atoms with Crippen molar-refractivity contribution in [2.45, 2.75) is 19.3 Å². The fraction of sp³-hybridized carbons (Fsp3) is 0.0492. The second-order valence-electron chi connectivity index (χ2n) is 17.3. The van der Waals surface area contributed by atoms with Gasteiger partial charge in [-0.05, 0) is 122 Å². The minimum atomic E-state index is -0.362. The molecule has 11 aromatic rings. The molecule has 64 heavy (non-hydrogen) atoms. The normalized spacial score (nSPS) is 13.0. The van der Waals surface area contributed by atoms with Gasteiger partial charge in [-0.2, -0.15) is 0 Å². The number of aryl methyl sites for hydroxylation is 1. The molecule has 0 unspecified atom stereocenters. The summed E-state index contributed by atoms with van der Waals surface area (Å²) in [6.45, 7) is 4.56. The van der Waals surface area contributed by atoms with Gasteiger partial charge in [0, 0.05) is 27.5 Å². The summed E-state index contributed by atoms with van der Waals surface area (Å²) in [6.07, 6.45) is 0. The van der Waals surface area contributed by atoms with E-state index in [0.717, 1.165) is 61.1 Å². The molecule has 0 saturated heterocycles. The number of nitrogens with zero attached hydrogens (tertiary/aromatic N) is 2. The SMILES string of the molecule is Cc1ccc(-c2ccc3oc4cccc(-c5cc(-c6ccccc6)nc(-c6ccccc6)n5)c4c3c2)cc1-c1ccc2c(c1C)-c1ccccc1C21c2ccccc2-c2ccccc21. The van der Waals surface area contributed by atoms with Gasteiger partial charge in [-0.3, -0.25) is 0 Å². The fourth-order valence-corrected chi connectivity index (χ4v) is 11.0. The van der Waals surface area contributed by atoms with Crippen molar-refractivity contribution in [3.63, 3.8) is 0 Å². The van der Waals surface area contributed by atoms with Gasteiger partial charge in [-0.15, -0.1) is 0 Å². The van der Waals surface area contributed by atoms with Crippen LogP contribution in [0, 0.1) is 13.8 Å². The summed E-state index contributed by atoms with van der Waals surface area (Å²) in [5.74, 6) is 0.688. The Bertz CT molecular complexity index is 3590. The van der Waals surface area contributed by atoms with Crippen molar-refractivity contribution in [1.82, 2.24) is 9.97 Å². The molecule has 3 heteroatoms. The molecular weight excluding hydrogens is 777 g/mol. The van der Waals surface area contributed by atoms with Crippen LogP contribution in [0.5, 0.6) is 0 Å². The summed E-state index contributed by atoms with van der Waals surface area (Å²) in [7, 11) is 0. The molecule has 3 nitrogen and oxygen atoms in total. The standard InChI is InChI=1S/C61H40N2O/c1-37-28-29-41(34-48(37)43-31-32-53-58(38(43)2)46-22-11-14-26-52(46)61(53)50-24-12-9-20-44(50)45-21-10-13-25-51(45)61)42-30-33-56-49(35-42)59-47(23-15-27-57(59)64-56)55-36-54(39-16-5-3-6-17-39)62-60(63-55)40-18-7-4-8-19-40/h3-36H,1-2H3. The first-order chi connectivity index (χ1) is 31.6. The Balaban J connectivity index is 0.958. The fourth-order valence-electron chi connectivity index (χ4n) is 11.0. The van der Waals surface area contributed by atoms with Crippen LogP contribution < -0.4 is 0 Å². The zero-order valence-electron chi connectivity index (χ0n) is 35.4. The number of hydrogen-bond acceptors (Lipinski definition) is 3. The van der Waals surface area contributed by atoms with E-state index in [2.05, 4.69) is 196 Å². The lowest BCUT2D eigenvalue weighted by atomic mass is 9.70. The van der Waals surface area contributed by atoms with Gasteiger partial charge >= 0.3 is 0 Å². The number of benzene rings is 9. The zero-order chi connectivity index (χ0) is 42.5. The third-order valence-corrected chi connectivity index (χ3v) is 13.9. The van der Waals surface area contributed by atoms with Crippen molar-refractivity contribution in [2.24, 2.45) is 0 Å². The van der Waals surface area contributed by atoms with Crippen molar-refractivity contribution >= 4 is 21.9 Å². The van der Waals surface area contributed by atoms with Gasteiger partial charge in [0.05, 0.1) is 16.8 Å². The maximum atomic E-state index is 6.57. The lowest BCUT2D eigenvalue weighted by Gasteiger charge is -2.30. The highest BCUT2D eigenvalue weighted by molar-refractivity contribution is 6.13. The first kappa shape index (κ1) is 36.5. The molecule has 13 rings (SSSR count). The van der Waals surface area contributed by atoms with Crippen LogP contribution in [0.1, 0.15) is 33.4 Å². The van der Waals surface area contributed by atoms with Crippen LogP contribution in [0.4, 0.5) is 0 Å². The second kappa shape index (κ2) is 13.9. The first-order valence-electron chi connectivity index (χ1n) is 22.1. The molecule has 0 N–H and O–H groups in total. The topological polar surface area (TPSA) is 38.9 Å². The van der Waals surface area contributed by atoms with Gasteiger partial charge in [-0.25, -0.2) is 9.97 Å². The van der Waals surface area contributed by atoms with E-state index in [-0.39, 0.29) is 5.41 Å². The van der Waals surface area contributed by atoms with E-state index in [9.17, 15) is 0 Å². The molecule has 9 aromatic carbocycles. The number of fused-ring (bicyclic) bond motifs is 13. The third-order valence-electron chi connectivity index (χ3n) is 13.9. The Kier molecular flexibility index (Phi) is 7.95. The lowest BCUT2D eigenvalue weighted by Crippen LogP contribution is -2.25. The molecule has 0 saturated carbocycles. The number of aromatic nitrogens is 2. The van der Waals surface area contributed by atoms with Crippen LogP contribution in [0.15, 0.2) is 211 Å². The molecule has 2 aliphatic carbocycles. The van der Waals surface area contributed by atoms with Gasteiger partial charge in [0.25, 0.3) is 0 Å². The summed E-state index contributed by atoms with van der Waals surface area (Å²) in [5, 5.41) is 2.10. The Morgan fingerprint density at radius 3 is 1.70 bits per heavy atom. The molecular formula is C61H40N2O. The molecule has 0 aliphatic heterocycles. The second-order valence-corrected chi connectivity index (χ2v) is 17.3. The molecule has 300 valence electrons. The van der Waals surface area contributed by atoms with Crippen molar-refractivity contribution in [1.29, 1.82) is 0 Å². The smallest absolute Gasteiger partial charge is 0.160 e. The van der Waals surface area contributed by atoms with E-state index in [1.165, 1.54) is 66.8 Å². The quantitative estimate of drug-likeness (QED) is 0.174. The molecule has 0 atom stereocenters. The van der Waals surface area contributed by atoms with Crippen LogP contribution in [0.2, 0.25) is 0 Å². The lowest BCUT2D eigenvalue weighted by molar-refractivity contribution is 0.669. The van der Waals surface area contributed by atoms with Crippen LogP contribution in [-0.4, -0.2) is 9.97 Å². The minimum Gasteiger partial charge on any atom is -0.456 e. The van der Waals surface area contributed by atoms with E-state index in [1.807, 2.05) is 24.3 Å². The van der Waals surface area contributed by atoms with E-state index < -0.39 is 0 Å². The van der Waals surface area contributed by atoms with E-state index in [0.29, 0.717) is 5.82 Å². The molecule has 0 fully saturated rings. The van der Waals surface area contributed by atoms with Gasteiger partial charge < -0.3 is 4.42 Å². The predicted octanol–water partition coefficient (Wildman–Crippen LogP) is 15.7. The maximum Gasteiger partial charge on any atom is 0.160 e. The molecule has 0 bridgehead atoms. The van der Waals surface area contributed by atoms with Crippen molar-refractivity contribution in [2.75, 3.05) is 0 Å². The van der Waals surface area contributed by atoms with Crippen LogP contribution >= 0.6 is 0 Å². The maximum absolute atomic E-state index is 6.57. The summed E-state index contributed by atoms with van der Waals surface area (Å²) >= 11 is 0. The van der Waals surface area contributed by atoms with Crippen molar-refractivity contribution in [3.8, 4) is 78.4 Å². The highest BCUT2D eigenvalue weighted by Gasteiger charge is 2.52. The highest BCUT2D eigenvalue weighted by Crippen LogP contribution is 2.63. The Labute approximate surface area is 372 Å². The van der Waals surface area contributed by atoms with Gasteiger partial charge in [0.15, 0.2) is 5.82 Å². The Hall–Kier alpha value is -8.14. The highest BCUT2D eigenvalue weighted by atomic mass is 16.3. The van der Waals surface area contributed by atoms with E-state index in [1.54, 1.807) is 0 Å². The monoisotopic (exact) mass is 816 g/mol. The molecule has 0 amide bonds.